The van der Waals surface area contributed by atoms with E-state index in [1.54, 1.807) is 12.1 Å². The summed E-state index contributed by atoms with van der Waals surface area (Å²) in [5.74, 6) is 0.497. The van der Waals surface area contributed by atoms with Crippen LogP contribution in [0.25, 0.3) is 0 Å². The molecule has 0 aliphatic carbocycles. The second-order valence-corrected chi connectivity index (χ2v) is 8.83. The van der Waals surface area contributed by atoms with Gasteiger partial charge < -0.3 is 20.3 Å². The molecule has 1 heterocycles. The Hall–Kier alpha value is -1.88. The number of ether oxygens (including phenoxy) is 1. The lowest BCUT2D eigenvalue weighted by molar-refractivity contribution is -0.678. The molecule has 0 saturated carbocycles. The first kappa shape index (κ1) is 20.8. The van der Waals surface area contributed by atoms with E-state index < -0.39 is 0 Å². The third kappa shape index (κ3) is 5.34. The van der Waals surface area contributed by atoms with Crippen LogP contribution >= 0.6 is 0 Å². The maximum absolute atomic E-state index is 10.3. The summed E-state index contributed by atoms with van der Waals surface area (Å²) < 4.78 is 6.02. The van der Waals surface area contributed by atoms with E-state index in [9.17, 15) is 10.2 Å². The predicted octanol–water partition coefficient (Wildman–Crippen LogP) is 2.88. The smallest absolute Gasteiger partial charge is 0.115 e. The summed E-state index contributed by atoms with van der Waals surface area (Å²) in [7, 11) is 0. The molecule has 2 aromatic rings. The predicted molar refractivity (Wildman–Crippen MR) is 111 cm³/mol. The van der Waals surface area contributed by atoms with E-state index in [1.165, 1.54) is 11.1 Å². The lowest BCUT2D eigenvalue weighted by Gasteiger charge is -2.48. The molecule has 4 nitrogen and oxygen atoms in total. The molecule has 0 aromatic heterocycles. The number of phenols is 1. The lowest BCUT2D eigenvalue weighted by Crippen LogP contribution is -2.85. The van der Waals surface area contributed by atoms with E-state index in [0.29, 0.717) is 5.75 Å². The van der Waals surface area contributed by atoms with Crippen molar-refractivity contribution in [1.29, 1.82) is 0 Å². The zero-order chi connectivity index (χ0) is 20.0. The standard InChI is InChI=1S/C24H33NO3/c1-23(2)18-24(12-13-28-23,14-19-6-4-3-5-7-19)21(17-26)16-25-15-20-8-10-22(27)11-9-20/h3-11,21,25-27H,12-18H2,1-2H3/p+1/t21-,24-/m1/s1. The molecule has 4 N–H and O–H groups in total. The van der Waals surface area contributed by atoms with E-state index in [1.807, 2.05) is 12.1 Å². The molecule has 0 spiro atoms. The molecule has 0 bridgehead atoms. The molecule has 1 fully saturated rings. The summed E-state index contributed by atoms with van der Waals surface area (Å²) in [5.41, 5.74) is 2.37. The Morgan fingerprint density at radius 3 is 2.39 bits per heavy atom. The van der Waals surface area contributed by atoms with Gasteiger partial charge in [-0.1, -0.05) is 30.3 Å². The van der Waals surface area contributed by atoms with Crippen LogP contribution in [0.15, 0.2) is 54.6 Å². The van der Waals surface area contributed by atoms with Crippen LogP contribution in [0.3, 0.4) is 0 Å². The van der Waals surface area contributed by atoms with Crippen molar-refractivity contribution < 1.29 is 20.3 Å². The zero-order valence-corrected chi connectivity index (χ0v) is 17.1. The van der Waals surface area contributed by atoms with Crippen molar-refractivity contribution in [2.24, 2.45) is 11.3 Å². The van der Waals surface area contributed by atoms with Crippen LogP contribution in [0.5, 0.6) is 5.75 Å². The van der Waals surface area contributed by atoms with Crippen molar-refractivity contribution >= 4 is 0 Å². The Labute approximate surface area is 168 Å². The Bertz CT molecular complexity index is 729. The monoisotopic (exact) mass is 384 g/mol. The second-order valence-electron chi connectivity index (χ2n) is 8.83. The average Bonchev–Trinajstić information content (AvgIpc) is 2.66. The van der Waals surface area contributed by atoms with Gasteiger partial charge in [-0.3, -0.25) is 0 Å². The largest absolute Gasteiger partial charge is 0.508 e. The van der Waals surface area contributed by atoms with Gasteiger partial charge in [0, 0.05) is 18.1 Å². The van der Waals surface area contributed by atoms with E-state index in [-0.39, 0.29) is 23.5 Å². The number of hydrogen-bond donors (Lipinski definition) is 3. The summed E-state index contributed by atoms with van der Waals surface area (Å²) in [4.78, 5) is 0. The molecule has 0 unspecified atom stereocenters. The van der Waals surface area contributed by atoms with Crippen LogP contribution in [0, 0.1) is 11.3 Å². The van der Waals surface area contributed by atoms with Gasteiger partial charge in [0.25, 0.3) is 0 Å². The number of benzene rings is 2. The highest BCUT2D eigenvalue weighted by atomic mass is 16.5. The minimum absolute atomic E-state index is 0.0311. The van der Waals surface area contributed by atoms with Gasteiger partial charge in [0.05, 0.1) is 18.8 Å². The molecule has 28 heavy (non-hydrogen) atoms. The SMILES string of the molecule is CC1(C)C[C@@](Cc2ccccc2)([C@@H](CO)C[NH2+]Cc2ccc(O)cc2)CCO1. The Morgan fingerprint density at radius 1 is 1.04 bits per heavy atom. The molecule has 1 saturated heterocycles. The zero-order valence-electron chi connectivity index (χ0n) is 17.1. The van der Waals surface area contributed by atoms with Gasteiger partial charge >= 0.3 is 0 Å². The van der Waals surface area contributed by atoms with Gasteiger partial charge in [-0.2, -0.15) is 0 Å². The first-order valence-corrected chi connectivity index (χ1v) is 10.3. The number of phenolic OH excluding ortho intramolecular Hbond substituents is 1. The number of aliphatic hydroxyl groups is 1. The fraction of sp³-hybridized carbons (Fsp3) is 0.500. The van der Waals surface area contributed by atoms with Crippen LogP contribution < -0.4 is 5.32 Å². The summed E-state index contributed by atoms with van der Waals surface area (Å²) in [6.45, 7) is 6.99. The van der Waals surface area contributed by atoms with Gasteiger partial charge in [-0.05, 0) is 68.4 Å². The minimum atomic E-state index is -0.169. The molecule has 0 radical (unpaired) electrons. The average molecular weight is 385 g/mol. The Kier molecular flexibility index (Phi) is 6.76. The molecule has 2 atom stereocenters. The maximum Gasteiger partial charge on any atom is 0.115 e. The number of aliphatic hydroxyl groups excluding tert-OH is 1. The van der Waals surface area contributed by atoms with Gasteiger partial charge in [-0.25, -0.2) is 0 Å². The molecular formula is C24H34NO3+. The van der Waals surface area contributed by atoms with E-state index in [2.05, 4.69) is 49.5 Å². The number of hydrogen-bond acceptors (Lipinski definition) is 3. The quantitative estimate of drug-likeness (QED) is 0.656. The number of nitrogens with two attached hydrogens (primary N) is 1. The topological polar surface area (TPSA) is 66.3 Å². The summed E-state index contributed by atoms with van der Waals surface area (Å²) in [6.07, 6.45) is 2.90. The van der Waals surface area contributed by atoms with E-state index in [4.69, 9.17) is 4.74 Å². The Balaban J connectivity index is 1.73. The number of rotatable bonds is 8. The van der Waals surface area contributed by atoms with Crippen LogP contribution in [-0.2, 0) is 17.7 Å². The first-order valence-electron chi connectivity index (χ1n) is 10.3. The van der Waals surface area contributed by atoms with Crippen molar-refractivity contribution in [1.82, 2.24) is 0 Å². The highest BCUT2D eigenvalue weighted by Crippen LogP contribution is 2.46. The molecule has 152 valence electrons. The Morgan fingerprint density at radius 2 is 1.75 bits per heavy atom. The van der Waals surface area contributed by atoms with Crippen molar-refractivity contribution in [3.05, 3.63) is 65.7 Å². The molecule has 1 aliphatic heterocycles. The van der Waals surface area contributed by atoms with E-state index in [0.717, 1.165) is 39.0 Å². The normalized spacial score (nSPS) is 22.7. The van der Waals surface area contributed by atoms with Crippen molar-refractivity contribution in [3.63, 3.8) is 0 Å². The van der Waals surface area contributed by atoms with Gasteiger partial charge in [0.2, 0.25) is 0 Å². The molecule has 4 heteroatoms. The van der Waals surface area contributed by atoms with Crippen LogP contribution in [-0.4, -0.2) is 35.6 Å². The summed E-state index contributed by atoms with van der Waals surface area (Å²) in [6, 6.07) is 18.0. The van der Waals surface area contributed by atoms with Crippen molar-refractivity contribution in [3.8, 4) is 5.75 Å². The highest BCUT2D eigenvalue weighted by Gasteiger charge is 2.46. The number of quaternary nitrogens is 1. The molecule has 2 aromatic carbocycles. The summed E-state index contributed by atoms with van der Waals surface area (Å²) >= 11 is 0. The van der Waals surface area contributed by atoms with E-state index >= 15 is 0 Å². The molecule has 0 amide bonds. The van der Waals surface area contributed by atoms with Crippen LogP contribution in [0.4, 0.5) is 0 Å². The third-order valence-electron chi connectivity index (χ3n) is 6.12. The highest BCUT2D eigenvalue weighted by molar-refractivity contribution is 5.25. The fourth-order valence-corrected chi connectivity index (χ4v) is 4.77. The van der Waals surface area contributed by atoms with Crippen molar-refractivity contribution in [2.75, 3.05) is 19.8 Å². The molecule has 3 rings (SSSR count). The van der Waals surface area contributed by atoms with Gasteiger partial charge in [0.1, 0.15) is 12.3 Å². The first-order chi connectivity index (χ1) is 13.4. The molecular weight excluding hydrogens is 350 g/mol. The minimum Gasteiger partial charge on any atom is -0.508 e. The van der Waals surface area contributed by atoms with Gasteiger partial charge in [0.15, 0.2) is 0 Å². The van der Waals surface area contributed by atoms with Gasteiger partial charge in [-0.15, -0.1) is 0 Å². The summed E-state index contributed by atoms with van der Waals surface area (Å²) in [5, 5.41) is 22.1. The van der Waals surface area contributed by atoms with Crippen LogP contribution in [0.2, 0.25) is 0 Å². The number of aromatic hydroxyl groups is 1. The molecule has 1 aliphatic rings. The lowest BCUT2D eigenvalue weighted by atomic mass is 9.63. The second kappa shape index (κ2) is 9.08. The van der Waals surface area contributed by atoms with Crippen LogP contribution in [0.1, 0.15) is 37.8 Å². The van der Waals surface area contributed by atoms with Crippen molar-refractivity contribution in [2.45, 2.75) is 45.3 Å². The third-order valence-corrected chi connectivity index (χ3v) is 6.12. The fourth-order valence-electron chi connectivity index (χ4n) is 4.77. The maximum atomic E-state index is 10.3.